The van der Waals surface area contributed by atoms with Crippen molar-refractivity contribution >= 4 is 5.97 Å². The lowest BCUT2D eigenvalue weighted by molar-refractivity contribution is -0.339. The third kappa shape index (κ3) is 3.31. The number of fused-ring (bicyclic) bond motifs is 1. The number of carbonyl (C=O) groups is 1. The summed E-state index contributed by atoms with van der Waals surface area (Å²) in [4.78, 5) is 11.8. The second kappa shape index (κ2) is 7.40. The molecule has 3 aliphatic rings. The highest BCUT2D eigenvalue weighted by molar-refractivity contribution is 5.89. The molecule has 6 unspecified atom stereocenters. The Hall–Kier alpha value is -1.49. The van der Waals surface area contributed by atoms with E-state index in [9.17, 15) is 25.2 Å². The van der Waals surface area contributed by atoms with Crippen molar-refractivity contribution in [3.63, 3.8) is 0 Å². The minimum atomic E-state index is -1.54. The van der Waals surface area contributed by atoms with Gasteiger partial charge in [0.1, 0.15) is 24.4 Å². The van der Waals surface area contributed by atoms with E-state index >= 15 is 0 Å². The second-order valence-corrected chi connectivity index (χ2v) is 6.26. The molecule has 0 saturated carbocycles. The zero-order valence-electron chi connectivity index (χ0n) is 13.4. The van der Waals surface area contributed by atoms with Gasteiger partial charge in [0.15, 0.2) is 6.29 Å². The Morgan fingerprint density at radius 3 is 2.68 bits per heavy atom. The van der Waals surface area contributed by atoms with E-state index < -0.39 is 55.5 Å². The van der Waals surface area contributed by atoms with Crippen molar-refractivity contribution < 1.29 is 44.2 Å². The van der Waals surface area contributed by atoms with Gasteiger partial charge in [0.05, 0.1) is 25.0 Å². The van der Waals surface area contributed by atoms with E-state index in [-0.39, 0.29) is 12.5 Å². The second-order valence-electron chi connectivity index (χ2n) is 6.26. The van der Waals surface area contributed by atoms with Crippen molar-refractivity contribution in [2.45, 2.75) is 43.4 Å². The molecule has 140 valence electrons. The molecule has 4 N–H and O–H groups in total. The molecule has 2 fully saturated rings. The summed E-state index contributed by atoms with van der Waals surface area (Å²) in [7, 11) is 0. The van der Waals surface area contributed by atoms with Crippen molar-refractivity contribution in [1.82, 2.24) is 0 Å². The quantitative estimate of drug-likeness (QED) is 0.346. The van der Waals surface area contributed by atoms with Crippen LogP contribution in [0, 0.1) is 11.8 Å². The third-order valence-corrected chi connectivity index (χ3v) is 4.79. The molecule has 0 aromatic carbocycles. The van der Waals surface area contributed by atoms with Crippen LogP contribution in [0.25, 0.3) is 0 Å². The molecule has 9 nitrogen and oxygen atoms in total. The number of hydrogen-bond acceptors (Lipinski definition) is 9. The monoisotopic (exact) mass is 358 g/mol. The van der Waals surface area contributed by atoms with Crippen LogP contribution in [0.1, 0.15) is 6.42 Å². The molecule has 8 atom stereocenters. The lowest BCUT2D eigenvalue weighted by Gasteiger charge is -2.43. The number of aliphatic hydroxyl groups is 4. The Labute approximate surface area is 144 Å². The summed E-state index contributed by atoms with van der Waals surface area (Å²) in [5.41, 5.74) is 0.393. The normalized spacial score (nSPS) is 44.2. The minimum absolute atomic E-state index is 0.206. The molecule has 2 saturated heterocycles. The first-order chi connectivity index (χ1) is 12.0. The van der Waals surface area contributed by atoms with Crippen LogP contribution in [-0.4, -0.2) is 76.6 Å². The van der Waals surface area contributed by atoms with Gasteiger partial charge < -0.3 is 39.4 Å². The Balaban J connectivity index is 1.75. The predicted octanol–water partition coefficient (Wildman–Crippen LogP) is -1.59. The number of hydrogen-bond donors (Lipinski definition) is 4. The third-order valence-electron chi connectivity index (χ3n) is 4.79. The number of aliphatic hydroxyl groups excluding tert-OH is 4. The largest absolute Gasteiger partial charge is 0.471 e. The van der Waals surface area contributed by atoms with Gasteiger partial charge in [-0.05, 0) is 6.42 Å². The summed E-state index contributed by atoms with van der Waals surface area (Å²) < 4.78 is 21.4. The Morgan fingerprint density at radius 1 is 1.24 bits per heavy atom. The molecule has 0 aromatic heterocycles. The van der Waals surface area contributed by atoms with Gasteiger partial charge in [-0.1, -0.05) is 6.08 Å². The zero-order valence-corrected chi connectivity index (χ0v) is 13.4. The van der Waals surface area contributed by atoms with Gasteiger partial charge in [0.2, 0.25) is 6.29 Å². The minimum Gasteiger partial charge on any atom is -0.471 e. The molecule has 0 aliphatic carbocycles. The molecule has 3 heterocycles. The molecule has 9 heteroatoms. The van der Waals surface area contributed by atoms with Crippen LogP contribution in [0.3, 0.4) is 0 Å². The smallest absolute Gasteiger partial charge is 0.337 e. The Morgan fingerprint density at radius 2 is 2.00 bits per heavy atom. The number of rotatable bonds is 4. The van der Waals surface area contributed by atoms with Crippen LogP contribution in [0.5, 0.6) is 0 Å². The molecule has 0 aromatic rings. The number of carbonyl (C=O) groups excluding carboxylic acids is 1. The number of esters is 1. The average molecular weight is 358 g/mol. The summed E-state index contributed by atoms with van der Waals surface area (Å²) in [5.74, 6) is -1.06. The molecule has 3 aliphatic heterocycles. The highest BCUT2D eigenvalue weighted by Gasteiger charge is 2.48. The maximum atomic E-state index is 11.8. The molecule has 0 spiro atoms. The first-order valence-corrected chi connectivity index (χ1v) is 8.09. The topological polar surface area (TPSA) is 135 Å². The van der Waals surface area contributed by atoms with Gasteiger partial charge in [-0.15, -0.1) is 6.58 Å². The number of cyclic esters (lactones) is 1. The van der Waals surface area contributed by atoms with E-state index in [1.807, 2.05) is 0 Å². The van der Waals surface area contributed by atoms with Gasteiger partial charge in [0, 0.05) is 11.8 Å². The SMILES string of the molecule is C=CC1C(O[C@H]2OC(CO)C(O)C(O)C2O)OC=C2C(=O)OCC[C@H]21. The fourth-order valence-corrected chi connectivity index (χ4v) is 3.34. The Kier molecular flexibility index (Phi) is 5.42. The summed E-state index contributed by atoms with van der Waals surface area (Å²) in [5, 5.41) is 38.9. The van der Waals surface area contributed by atoms with Crippen LogP contribution >= 0.6 is 0 Å². The fraction of sp³-hybridized carbons (Fsp3) is 0.688. The van der Waals surface area contributed by atoms with Crippen LogP contribution in [0.15, 0.2) is 24.5 Å². The van der Waals surface area contributed by atoms with E-state index in [1.165, 1.54) is 6.26 Å². The van der Waals surface area contributed by atoms with E-state index in [0.717, 1.165) is 0 Å². The van der Waals surface area contributed by atoms with Crippen LogP contribution < -0.4 is 0 Å². The first-order valence-electron chi connectivity index (χ1n) is 8.09. The lowest BCUT2D eigenvalue weighted by atomic mass is 9.81. The van der Waals surface area contributed by atoms with Crippen molar-refractivity contribution in [2.24, 2.45) is 11.8 Å². The molecule has 0 bridgehead atoms. The maximum Gasteiger partial charge on any atom is 0.337 e. The molecular formula is C16H22O9. The molecule has 3 rings (SSSR count). The van der Waals surface area contributed by atoms with Crippen molar-refractivity contribution in [3.05, 3.63) is 24.5 Å². The average Bonchev–Trinajstić information content (AvgIpc) is 2.62. The van der Waals surface area contributed by atoms with Crippen LogP contribution in [0.2, 0.25) is 0 Å². The van der Waals surface area contributed by atoms with Gasteiger partial charge in [-0.3, -0.25) is 0 Å². The maximum absolute atomic E-state index is 11.8. The molecule has 25 heavy (non-hydrogen) atoms. The standard InChI is InChI=1S/C16H22O9/c1-2-7-8-3-4-22-14(21)9(8)6-23-15(7)25-16-13(20)12(19)11(18)10(5-17)24-16/h2,6-8,10-13,15-20H,1,3-5H2/t7?,8-,10?,11?,12?,13?,15?,16+/m0/s1. The summed E-state index contributed by atoms with van der Waals surface area (Å²) in [6, 6.07) is 0. The predicted molar refractivity (Wildman–Crippen MR) is 80.6 cm³/mol. The zero-order chi connectivity index (χ0) is 18.1. The van der Waals surface area contributed by atoms with Crippen molar-refractivity contribution in [3.8, 4) is 0 Å². The van der Waals surface area contributed by atoms with Gasteiger partial charge >= 0.3 is 5.97 Å². The van der Waals surface area contributed by atoms with E-state index in [0.29, 0.717) is 12.0 Å². The van der Waals surface area contributed by atoms with E-state index in [1.54, 1.807) is 6.08 Å². The van der Waals surface area contributed by atoms with E-state index in [4.69, 9.17) is 18.9 Å². The molecule has 0 radical (unpaired) electrons. The highest BCUT2D eigenvalue weighted by Crippen LogP contribution is 2.38. The Bertz CT molecular complexity index is 546. The summed E-state index contributed by atoms with van der Waals surface area (Å²) in [6.07, 6.45) is -4.44. The van der Waals surface area contributed by atoms with Gasteiger partial charge in [0.25, 0.3) is 0 Å². The summed E-state index contributed by atoms with van der Waals surface area (Å²) >= 11 is 0. The van der Waals surface area contributed by atoms with Gasteiger partial charge in [-0.25, -0.2) is 4.79 Å². The van der Waals surface area contributed by atoms with Crippen molar-refractivity contribution in [2.75, 3.05) is 13.2 Å². The highest BCUT2D eigenvalue weighted by atomic mass is 16.8. The lowest BCUT2D eigenvalue weighted by Crippen LogP contribution is -2.60. The van der Waals surface area contributed by atoms with Crippen LogP contribution in [-0.2, 0) is 23.7 Å². The molecular weight excluding hydrogens is 336 g/mol. The van der Waals surface area contributed by atoms with Crippen LogP contribution in [0.4, 0.5) is 0 Å². The summed E-state index contributed by atoms with van der Waals surface area (Å²) in [6.45, 7) is 3.47. The first kappa shape index (κ1) is 18.3. The number of ether oxygens (including phenoxy) is 4. The van der Waals surface area contributed by atoms with E-state index in [2.05, 4.69) is 6.58 Å². The van der Waals surface area contributed by atoms with Gasteiger partial charge in [-0.2, -0.15) is 0 Å². The fourth-order valence-electron chi connectivity index (χ4n) is 3.34. The molecule has 0 amide bonds. The van der Waals surface area contributed by atoms with Crippen molar-refractivity contribution in [1.29, 1.82) is 0 Å².